The van der Waals surface area contributed by atoms with Crippen LogP contribution in [0.1, 0.15) is 21.5 Å². The lowest BCUT2D eigenvalue weighted by Gasteiger charge is -2.17. The molecule has 1 aromatic heterocycles. The fourth-order valence-corrected chi connectivity index (χ4v) is 2.08. The highest BCUT2D eigenvalue weighted by Gasteiger charge is 2.12. The van der Waals surface area contributed by atoms with E-state index in [1.165, 1.54) is 0 Å². The van der Waals surface area contributed by atoms with Crippen LogP contribution in [0.3, 0.4) is 0 Å². The maximum absolute atomic E-state index is 12.3. The molecule has 4 heteroatoms. The molecule has 0 saturated carbocycles. The SMILES string of the molecule is Cc1cc(C(=O)N(C)Cc2ccncc2)ccc1Br. The maximum Gasteiger partial charge on any atom is 0.253 e. The molecular weight excluding hydrogens is 304 g/mol. The zero-order chi connectivity index (χ0) is 13.8. The highest BCUT2D eigenvalue weighted by molar-refractivity contribution is 9.10. The van der Waals surface area contributed by atoms with Gasteiger partial charge in [-0.25, -0.2) is 0 Å². The van der Waals surface area contributed by atoms with Crippen LogP contribution in [-0.2, 0) is 6.54 Å². The highest BCUT2D eigenvalue weighted by Crippen LogP contribution is 2.18. The minimum atomic E-state index is 0.0208. The molecule has 2 rings (SSSR count). The lowest BCUT2D eigenvalue weighted by Crippen LogP contribution is -2.26. The van der Waals surface area contributed by atoms with Gasteiger partial charge in [-0.1, -0.05) is 15.9 Å². The second-order valence-electron chi connectivity index (χ2n) is 4.48. The maximum atomic E-state index is 12.3. The number of carbonyl (C=O) groups excluding carboxylic acids is 1. The Morgan fingerprint density at radius 1 is 1.26 bits per heavy atom. The van der Waals surface area contributed by atoms with Crippen molar-refractivity contribution >= 4 is 21.8 Å². The molecule has 0 atom stereocenters. The Kier molecular flexibility index (Phi) is 4.32. The van der Waals surface area contributed by atoms with E-state index in [9.17, 15) is 4.79 Å². The van der Waals surface area contributed by atoms with E-state index in [1.54, 1.807) is 24.3 Å². The van der Waals surface area contributed by atoms with Gasteiger partial charge in [0.2, 0.25) is 0 Å². The molecule has 0 fully saturated rings. The van der Waals surface area contributed by atoms with E-state index in [2.05, 4.69) is 20.9 Å². The lowest BCUT2D eigenvalue weighted by molar-refractivity contribution is 0.0785. The summed E-state index contributed by atoms with van der Waals surface area (Å²) in [4.78, 5) is 18.0. The van der Waals surface area contributed by atoms with Gasteiger partial charge in [0, 0.05) is 36.0 Å². The first-order valence-electron chi connectivity index (χ1n) is 5.98. The number of hydrogen-bond donors (Lipinski definition) is 0. The summed E-state index contributed by atoms with van der Waals surface area (Å²) in [5, 5.41) is 0. The standard InChI is InChI=1S/C15H15BrN2O/c1-11-9-13(3-4-14(11)16)15(19)18(2)10-12-5-7-17-8-6-12/h3-9H,10H2,1-2H3. The van der Waals surface area contributed by atoms with E-state index >= 15 is 0 Å². The van der Waals surface area contributed by atoms with Gasteiger partial charge in [0.25, 0.3) is 5.91 Å². The number of aryl methyl sites for hydroxylation is 1. The van der Waals surface area contributed by atoms with Crippen molar-refractivity contribution in [1.82, 2.24) is 9.88 Å². The zero-order valence-electron chi connectivity index (χ0n) is 10.9. The number of aromatic nitrogens is 1. The van der Waals surface area contributed by atoms with Gasteiger partial charge in [-0.3, -0.25) is 9.78 Å². The second-order valence-corrected chi connectivity index (χ2v) is 5.33. The first-order valence-corrected chi connectivity index (χ1v) is 6.78. The normalized spacial score (nSPS) is 10.3. The smallest absolute Gasteiger partial charge is 0.253 e. The molecule has 0 N–H and O–H groups in total. The fraction of sp³-hybridized carbons (Fsp3) is 0.200. The van der Waals surface area contributed by atoms with E-state index in [1.807, 2.05) is 37.3 Å². The van der Waals surface area contributed by atoms with Crippen molar-refractivity contribution in [3.63, 3.8) is 0 Å². The molecule has 0 saturated heterocycles. The summed E-state index contributed by atoms with van der Waals surface area (Å²) < 4.78 is 1.01. The van der Waals surface area contributed by atoms with E-state index in [0.29, 0.717) is 12.1 Å². The third-order valence-corrected chi connectivity index (χ3v) is 3.81. The summed E-state index contributed by atoms with van der Waals surface area (Å²) in [6.07, 6.45) is 3.47. The van der Waals surface area contributed by atoms with Crippen LogP contribution in [0.25, 0.3) is 0 Å². The van der Waals surface area contributed by atoms with Crippen molar-refractivity contribution in [1.29, 1.82) is 0 Å². The fourth-order valence-electron chi connectivity index (χ4n) is 1.83. The van der Waals surface area contributed by atoms with E-state index in [0.717, 1.165) is 15.6 Å². The summed E-state index contributed by atoms with van der Waals surface area (Å²) in [5.41, 5.74) is 2.83. The summed E-state index contributed by atoms with van der Waals surface area (Å²) in [5.74, 6) is 0.0208. The Balaban J connectivity index is 2.12. The van der Waals surface area contributed by atoms with Crippen molar-refractivity contribution < 1.29 is 4.79 Å². The number of nitrogens with zero attached hydrogens (tertiary/aromatic N) is 2. The highest BCUT2D eigenvalue weighted by atomic mass is 79.9. The molecule has 1 aromatic carbocycles. The number of carbonyl (C=O) groups is 1. The average molecular weight is 319 g/mol. The third-order valence-electron chi connectivity index (χ3n) is 2.92. The van der Waals surface area contributed by atoms with E-state index in [-0.39, 0.29) is 5.91 Å². The Bertz CT molecular complexity index is 584. The third kappa shape index (κ3) is 3.41. The predicted octanol–water partition coefficient (Wildman–Crippen LogP) is 3.42. The quantitative estimate of drug-likeness (QED) is 0.868. The topological polar surface area (TPSA) is 33.2 Å². The summed E-state index contributed by atoms with van der Waals surface area (Å²) >= 11 is 3.44. The van der Waals surface area contributed by atoms with Gasteiger partial charge in [0.05, 0.1) is 0 Å². The molecule has 1 heterocycles. The molecule has 0 aliphatic heterocycles. The van der Waals surface area contributed by atoms with Gasteiger partial charge in [0.1, 0.15) is 0 Å². The molecule has 0 radical (unpaired) electrons. The Morgan fingerprint density at radius 2 is 1.95 bits per heavy atom. The second kappa shape index (κ2) is 5.97. The van der Waals surface area contributed by atoms with Crippen LogP contribution in [0.2, 0.25) is 0 Å². The van der Waals surface area contributed by atoms with E-state index in [4.69, 9.17) is 0 Å². The first-order chi connectivity index (χ1) is 9.08. The molecule has 0 spiro atoms. The average Bonchev–Trinajstić information content (AvgIpc) is 2.42. The molecule has 3 nitrogen and oxygen atoms in total. The van der Waals surface area contributed by atoms with Gasteiger partial charge in [0.15, 0.2) is 0 Å². The minimum absolute atomic E-state index is 0.0208. The van der Waals surface area contributed by atoms with Crippen LogP contribution < -0.4 is 0 Å². The van der Waals surface area contributed by atoms with Crippen molar-refractivity contribution in [2.75, 3.05) is 7.05 Å². The Labute approximate surface area is 121 Å². The molecule has 0 bridgehead atoms. The molecular formula is C15H15BrN2O. The largest absolute Gasteiger partial charge is 0.337 e. The number of benzene rings is 1. The monoisotopic (exact) mass is 318 g/mol. The number of amides is 1. The summed E-state index contributed by atoms with van der Waals surface area (Å²) in [6.45, 7) is 2.56. The number of hydrogen-bond acceptors (Lipinski definition) is 2. The van der Waals surface area contributed by atoms with Crippen molar-refractivity contribution in [2.45, 2.75) is 13.5 Å². The molecule has 1 amide bonds. The first kappa shape index (κ1) is 13.7. The molecule has 2 aromatic rings. The molecule has 98 valence electrons. The van der Waals surface area contributed by atoms with Crippen molar-refractivity contribution in [3.8, 4) is 0 Å². The summed E-state index contributed by atoms with van der Waals surface area (Å²) in [7, 11) is 1.81. The molecule has 19 heavy (non-hydrogen) atoms. The Morgan fingerprint density at radius 3 is 2.58 bits per heavy atom. The molecule has 0 aliphatic carbocycles. The van der Waals surface area contributed by atoms with Crippen LogP contribution in [0, 0.1) is 6.92 Å². The van der Waals surface area contributed by atoms with Crippen LogP contribution >= 0.6 is 15.9 Å². The van der Waals surface area contributed by atoms with Gasteiger partial charge in [-0.2, -0.15) is 0 Å². The zero-order valence-corrected chi connectivity index (χ0v) is 12.5. The van der Waals surface area contributed by atoms with Crippen LogP contribution in [0.5, 0.6) is 0 Å². The van der Waals surface area contributed by atoms with Crippen molar-refractivity contribution in [2.24, 2.45) is 0 Å². The van der Waals surface area contributed by atoms with Crippen molar-refractivity contribution in [3.05, 3.63) is 63.9 Å². The Hall–Kier alpha value is -1.68. The van der Waals surface area contributed by atoms with Gasteiger partial charge in [-0.15, -0.1) is 0 Å². The molecule has 0 aliphatic rings. The van der Waals surface area contributed by atoms with Gasteiger partial charge >= 0.3 is 0 Å². The van der Waals surface area contributed by atoms with Gasteiger partial charge in [-0.05, 0) is 48.4 Å². The summed E-state index contributed by atoms with van der Waals surface area (Å²) in [6, 6.07) is 9.47. The number of halogens is 1. The minimum Gasteiger partial charge on any atom is -0.337 e. The van der Waals surface area contributed by atoms with Crippen LogP contribution in [-0.4, -0.2) is 22.8 Å². The number of rotatable bonds is 3. The lowest BCUT2D eigenvalue weighted by atomic mass is 10.1. The van der Waals surface area contributed by atoms with Crippen LogP contribution in [0.4, 0.5) is 0 Å². The molecule has 0 unspecified atom stereocenters. The predicted molar refractivity (Wildman–Crippen MR) is 78.9 cm³/mol. The van der Waals surface area contributed by atoms with Gasteiger partial charge < -0.3 is 4.90 Å². The van der Waals surface area contributed by atoms with Crippen LogP contribution in [0.15, 0.2) is 47.2 Å². The van der Waals surface area contributed by atoms with E-state index < -0.39 is 0 Å². The number of pyridine rings is 1.